The minimum absolute atomic E-state index is 0.132. The SMILES string of the molecule is CCCCCC(=O)ON=C(CCC)c1cc(OC)c2c(c1OC)C(=O)C=CC2=O. The molecule has 1 aliphatic carbocycles. The maximum atomic E-state index is 12.5. The molecule has 0 unspecified atom stereocenters. The number of oxime groups is 1. The minimum atomic E-state index is -0.412. The van der Waals surface area contributed by atoms with Crippen LogP contribution in [0, 0.1) is 0 Å². The van der Waals surface area contributed by atoms with Crippen molar-refractivity contribution in [3.8, 4) is 11.5 Å². The maximum Gasteiger partial charge on any atom is 0.335 e. The van der Waals surface area contributed by atoms with Crippen LogP contribution in [0.1, 0.15) is 78.7 Å². The molecule has 0 aliphatic heterocycles. The van der Waals surface area contributed by atoms with Gasteiger partial charge in [0, 0.05) is 12.0 Å². The third-order valence-electron chi connectivity index (χ3n) is 4.59. The molecule has 0 amide bonds. The number of hydrogen-bond donors (Lipinski definition) is 0. The van der Waals surface area contributed by atoms with Crippen LogP contribution in [0.3, 0.4) is 0 Å². The van der Waals surface area contributed by atoms with E-state index in [1.807, 2.05) is 6.92 Å². The summed E-state index contributed by atoms with van der Waals surface area (Å²) in [6.45, 7) is 4.01. The third kappa shape index (κ3) is 5.10. The predicted molar refractivity (Wildman–Crippen MR) is 109 cm³/mol. The van der Waals surface area contributed by atoms with Gasteiger partial charge in [0.05, 0.1) is 31.1 Å². The van der Waals surface area contributed by atoms with E-state index in [0.29, 0.717) is 24.1 Å². The second kappa shape index (κ2) is 10.5. The molecule has 0 N–H and O–H groups in total. The molecule has 0 fully saturated rings. The van der Waals surface area contributed by atoms with Crippen molar-refractivity contribution in [1.29, 1.82) is 0 Å². The molecule has 0 atom stereocenters. The molecule has 0 heterocycles. The van der Waals surface area contributed by atoms with Gasteiger partial charge in [0.1, 0.15) is 11.5 Å². The smallest absolute Gasteiger partial charge is 0.335 e. The topological polar surface area (TPSA) is 91.3 Å². The van der Waals surface area contributed by atoms with Crippen LogP contribution in [0.25, 0.3) is 0 Å². The Hall–Kier alpha value is -2.96. The molecule has 7 nitrogen and oxygen atoms in total. The number of nitrogens with zero attached hydrogens (tertiary/aromatic N) is 1. The van der Waals surface area contributed by atoms with Gasteiger partial charge in [-0.2, -0.15) is 0 Å². The van der Waals surface area contributed by atoms with E-state index in [1.165, 1.54) is 26.4 Å². The van der Waals surface area contributed by atoms with Crippen molar-refractivity contribution in [1.82, 2.24) is 0 Å². The average Bonchev–Trinajstić information content (AvgIpc) is 2.72. The first-order chi connectivity index (χ1) is 14.0. The Morgan fingerprint density at radius 1 is 0.931 bits per heavy atom. The number of hydrogen-bond acceptors (Lipinski definition) is 7. The number of carbonyl (C=O) groups excluding carboxylic acids is 3. The molecule has 156 valence electrons. The number of rotatable bonds is 10. The highest BCUT2D eigenvalue weighted by Crippen LogP contribution is 2.38. The summed E-state index contributed by atoms with van der Waals surface area (Å²) in [6, 6.07) is 1.60. The molecule has 0 bridgehead atoms. The van der Waals surface area contributed by atoms with Gasteiger partial charge < -0.3 is 14.3 Å². The number of fused-ring (bicyclic) bond motifs is 1. The Morgan fingerprint density at radius 2 is 1.62 bits per heavy atom. The molecule has 0 spiro atoms. The van der Waals surface area contributed by atoms with Crippen LogP contribution in [0.5, 0.6) is 11.5 Å². The van der Waals surface area contributed by atoms with Crippen molar-refractivity contribution in [2.24, 2.45) is 5.16 Å². The first-order valence-corrected chi connectivity index (χ1v) is 9.81. The van der Waals surface area contributed by atoms with Crippen molar-refractivity contribution < 1.29 is 28.7 Å². The van der Waals surface area contributed by atoms with E-state index >= 15 is 0 Å². The van der Waals surface area contributed by atoms with Crippen LogP contribution < -0.4 is 9.47 Å². The number of ether oxygens (including phenoxy) is 2. The number of benzene rings is 1. The van der Waals surface area contributed by atoms with E-state index < -0.39 is 5.97 Å². The largest absolute Gasteiger partial charge is 0.496 e. The van der Waals surface area contributed by atoms with Crippen LogP contribution >= 0.6 is 0 Å². The van der Waals surface area contributed by atoms with Crippen LogP contribution in [0.15, 0.2) is 23.4 Å². The number of methoxy groups -OCH3 is 2. The highest BCUT2D eigenvalue weighted by atomic mass is 16.7. The summed E-state index contributed by atoms with van der Waals surface area (Å²) in [7, 11) is 2.84. The summed E-state index contributed by atoms with van der Waals surface area (Å²) >= 11 is 0. The molecular weight excluding hydrogens is 374 g/mol. The quantitative estimate of drug-likeness (QED) is 0.252. The summed E-state index contributed by atoms with van der Waals surface area (Å²) < 4.78 is 10.9. The van der Waals surface area contributed by atoms with Gasteiger partial charge >= 0.3 is 5.97 Å². The van der Waals surface area contributed by atoms with Crippen LogP contribution in [-0.4, -0.2) is 37.5 Å². The zero-order valence-electron chi connectivity index (χ0n) is 17.4. The average molecular weight is 401 g/mol. The van der Waals surface area contributed by atoms with Gasteiger partial charge in [0.2, 0.25) is 0 Å². The van der Waals surface area contributed by atoms with E-state index in [0.717, 1.165) is 25.7 Å². The highest BCUT2D eigenvalue weighted by molar-refractivity contribution is 6.25. The maximum absolute atomic E-state index is 12.5. The van der Waals surface area contributed by atoms with Gasteiger partial charge in [-0.05, 0) is 31.1 Å². The number of unbranched alkanes of at least 4 members (excludes halogenated alkanes) is 2. The van der Waals surface area contributed by atoms with Crippen LogP contribution in [0.2, 0.25) is 0 Å². The van der Waals surface area contributed by atoms with Gasteiger partial charge in [-0.25, -0.2) is 4.79 Å². The monoisotopic (exact) mass is 401 g/mol. The van der Waals surface area contributed by atoms with Gasteiger partial charge in [-0.1, -0.05) is 38.3 Å². The number of carbonyl (C=O) groups is 3. The van der Waals surface area contributed by atoms with Crippen LogP contribution in [-0.2, 0) is 9.63 Å². The lowest BCUT2D eigenvalue weighted by molar-refractivity contribution is -0.143. The highest BCUT2D eigenvalue weighted by Gasteiger charge is 2.31. The van der Waals surface area contributed by atoms with Crippen molar-refractivity contribution in [2.45, 2.75) is 52.4 Å². The van der Waals surface area contributed by atoms with E-state index in [-0.39, 0.29) is 34.2 Å². The molecular formula is C22H27NO6. The van der Waals surface area contributed by atoms with Crippen molar-refractivity contribution in [3.05, 3.63) is 34.9 Å². The fraction of sp³-hybridized carbons (Fsp3) is 0.455. The lowest BCUT2D eigenvalue weighted by Gasteiger charge is -2.20. The molecule has 7 heteroatoms. The molecule has 2 rings (SSSR count). The Bertz CT molecular complexity index is 853. The summed E-state index contributed by atoms with van der Waals surface area (Å²) in [4.78, 5) is 42.0. The van der Waals surface area contributed by atoms with Crippen molar-refractivity contribution in [2.75, 3.05) is 14.2 Å². The molecule has 29 heavy (non-hydrogen) atoms. The Kier molecular flexibility index (Phi) is 8.12. The summed E-state index contributed by atoms with van der Waals surface area (Å²) in [6.07, 6.45) is 6.61. The first-order valence-electron chi connectivity index (χ1n) is 9.81. The minimum Gasteiger partial charge on any atom is -0.496 e. The molecule has 0 radical (unpaired) electrons. The normalized spacial score (nSPS) is 13.3. The van der Waals surface area contributed by atoms with E-state index in [9.17, 15) is 14.4 Å². The predicted octanol–water partition coefficient (Wildman–Crippen LogP) is 4.27. The number of allylic oxidation sites excluding steroid dienone is 2. The number of ketones is 2. The fourth-order valence-electron chi connectivity index (χ4n) is 3.16. The van der Waals surface area contributed by atoms with E-state index in [2.05, 4.69) is 12.1 Å². The van der Waals surface area contributed by atoms with E-state index in [1.54, 1.807) is 6.07 Å². The molecule has 1 aromatic carbocycles. The zero-order chi connectivity index (χ0) is 21.4. The molecule has 0 aromatic heterocycles. The zero-order valence-corrected chi connectivity index (χ0v) is 17.4. The summed E-state index contributed by atoms with van der Waals surface area (Å²) in [5.41, 5.74) is 1.20. The summed E-state index contributed by atoms with van der Waals surface area (Å²) in [5, 5.41) is 4.06. The molecule has 1 aliphatic rings. The Labute approximate surface area is 170 Å². The first kappa shape index (κ1) is 22.3. The van der Waals surface area contributed by atoms with Crippen molar-refractivity contribution >= 4 is 23.2 Å². The van der Waals surface area contributed by atoms with Crippen LogP contribution in [0.4, 0.5) is 0 Å². The van der Waals surface area contributed by atoms with Gasteiger partial charge in [0.25, 0.3) is 0 Å². The van der Waals surface area contributed by atoms with Crippen molar-refractivity contribution in [3.63, 3.8) is 0 Å². The lowest BCUT2D eigenvalue weighted by Crippen LogP contribution is -2.18. The Balaban J connectivity index is 2.50. The lowest BCUT2D eigenvalue weighted by atomic mass is 9.89. The molecule has 0 saturated carbocycles. The van der Waals surface area contributed by atoms with Gasteiger partial charge in [0.15, 0.2) is 11.6 Å². The standard InChI is InChI=1S/C22H27NO6/c1-5-7-8-10-19(26)29-23-15(9-6-2)14-13-18(27-3)20-16(24)11-12-17(25)21(20)22(14)28-4/h11-13H,5-10H2,1-4H3. The molecule has 0 saturated heterocycles. The second-order valence-electron chi connectivity index (χ2n) is 6.68. The van der Waals surface area contributed by atoms with Gasteiger partial charge in [-0.3, -0.25) is 9.59 Å². The van der Waals surface area contributed by atoms with Gasteiger partial charge in [-0.15, -0.1) is 0 Å². The fourth-order valence-corrected chi connectivity index (χ4v) is 3.16. The summed E-state index contributed by atoms with van der Waals surface area (Å²) in [5.74, 6) is -0.638. The Morgan fingerprint density at radius 3 is 2.21 bits per heavy atom. The third-order valence-corrected chi connectivity index (χ3v) is 4.59. The second-order valence-corrected chi connectivity index (χ2v) is 6.68. The molecule has 1 aromatic rings. The van der Waals surface area contributed by atoms with E-state index in [4.69, 9.17) is 14.3 Å².